The normalized spacial score (nSPS) is 16.0. The maximum absolute atomic E-state index is 13.6. The van der Waals surface area contributed by atoms with E-state index < -0.39 is 10.0 Å². The summed E-state index contributed by atoms with van der Waals surface area (Å²) < 4.78 is 26.2. The minimum atomic E-state index is -3.22. The highest BCUT2D eigenvalue weighted by atomic mass is 32.2. The first kappa shape index (κ1) is 21.9. The van der Waals surface area contributed by atoms with E-state index in [2.05, 4.69) is 19.1 Å². The number of hydrogen-bond acceptors (Lipinski definition) is 5. The van der Waals surface area contributed by atoms with Crippen molar-refractivity contribution in [1.82, 2.24) is 9.29 Å². The number of aromatic nitrogens is 1. The second-order valence-corrected chi connectivity index (χ2v) is 11.2. The molecule has 6 nitrogen and oxygen atoms in total. The molecule has 1 aliphatic rings. The van der Waals surface area contributed by atoms with Gasteiger partial charge in [-0.25, -0.2) is 17.7 Å². The molecule has 0 atom stereocenters. The van der Waals surface area contributed by atoms with E-state index in [4.69, 9.17) is 4.98 Å². The van der Waals surface area contributed by atoms with Crippen LogP contribution in [0.4, 0.5) is 5.13 Å². The lowest BCUT2D eigenvalue weighted by atomic mass is 9.96. The summed E-state index contributed by atoms with van der Waals surface area (Å²) in [7, 11) is -3.22. The molecule has 2 heterocycles. The van der Waals surface area contributed by atoms with Crippen molar-refractivity contribution in [2.45, 2.75) is 33.2 Å². The number of rotatable bonds is 5. The van der Waals surface area contributed by atoms with Gasteiger partial charge in [0.05, 0.1) is 23.0 Å². The fraction of sp³-hybridized carbons (Fsp3) is 0.391. The predicted octanol–water partition coefficient (Wildman–Crippen LogP) is 4.12. The number of anilines is 1. The van der Waals surface area contributed by atoms with E-state index >= 15 is 0 Å². The third-order valence-electron chi connectivity index (χ3n) is 5.76. The maximum atomic E-state index is 13.6. The smallest absolute Gasteiger partial charge is 0.232 e. The lowest BCUT2D eigenvalue weighted by molar-refractivity contribution is -0.123. The minimum absolute atomic E-state index is 0.0189. The van der Waals surface area contributed by atoms with Gasteiger partial charge in [0.15, 0.2) is 5.13 Å². The van der Waals surface area contributed by atoms with Crippen molar-refractivity contribution in [1.29, 1.82) is 0 Å². The molecule has 0 unspecified atom stereocenters. The Morgan fingerprint density at radius 1 is 1.16 bits per heavy atom. The van der Waals surface area contributed by atoms with E-state index in [1.54, 1.807) is 16.2 Å². The van der Waals surface area contributed by atoms with Crippen LogP contribution < -0.4 is 4.90 Å². The number of amides is 1. The number of sulfonamides is 1. The molecular weight excluding hydrogens is 430 g/mol. The number of fused-ring (bicyclic) bond motifs is 1. The molecule has 4 rings (SSSR count). The zero-order chi connectivity index (χ0) is 22.2. The van der Waals surface area contributed by atoms with Crippen LogP contribution in [0.25, 0.3) is 10.2 Å². The van der Waals surface area contributed by atoms with E-state index in [0.29, 0.717) is 37.6 Å². The van der Waals surface area contributed by atoms with Crippen LogP contribution in [-0.4, -0.2) is 43.0 Å². The van der Waals surface area contributed by atoms with Gasteiger partial charge in [0.1, 0.15) is 0 Å². The number of benzene rings is 2. The quantitative estimate of drug-likeness (QED) is 0.578. The summed E-state index contributed by atoms with van der Waals surface area (Å²) in [5, 5.41) is 0.697. The maximum Gasteiger partial charge on any atom is 0.232 e. The summed E-state index contributed by atoms with van der Waals surface area (Å²) in [5.41, 5.74) is 4.26. The average Bonchev–Trinajstić information content (AvgIpc) is 3.16. The highest BCUT2D eigenvalue weighted by Gasteiger charge is 2.33. The third-order valence-corrected chi connectivity index (χ3v) is 8.29. The van der Waals surface area contributed by atoms with Gasteiger partial charge in [-0.05, 0) is 49.4 Å². The molecular formula is C23H27N3O3S2. The number of hydrogen-bond donors (Lipinski definition) is 0. The Morgan fingerprint density at radius 3 is 2.48 bits per heavy atom. The Kier molecular flexibility index (Phi) is 6.14. The summed E-state index contributed by atoms with van der Waals surface area (Å²) in [6.07, 6.45) is 2.28. The van der Waals surface area contributed by atoms with Crippen molar-refractivity contribution in [2.24, 2.45) is 5.92 Å². The standard InChI is InChI=1S/C23H27N3O3S2/c1-16-13-17(2)21-20(14-16)24-23(30-21)26(15-18-7-5-4-6-8-18)22(27)19-9-11-25(12-10-19)31(3,28)29/h4-8,13-14,19H,9-12,15H2,1-3H3. The molecule has 1 amide bonds. The number of nitrogens with zero attached hydrogens (tertiary/aromatic N) is 3. The molecule has 3 aromatic rings. The molecule has 0 N–H and O–H groups in total. The van der Waals surface area contributed by atoms with Gasteiger partial charge in [-0.15, -0.1) is 0 Å². The van der Waals surface area contributed by atoms with Crippen LogP contribution in [0, 0.1) is 19.8 Å². The SMILES string of the molecule is Cc1cc(C)c2sc(N(Cc3ccccc3)C(=O)C3CCN(S(C)(=O)=O)CC3)nc2c1. The lowest BCUT2D eigenvalue weighted by Gasteiger charge is -2.32. The molecule has 1 aliphatic heterocycles. The number of carbonyl (C=O) groups is 1. The molecule has 0 saturated carbocycles. The fourth-order valence-corrected chi connectivity index (χ4v) is 6.04. The highest BCUT2D eigenvalue weighted by Crippen LogP contribution is 2.34. The first-order valence-electron chi connectivity index (χ1n) is 10.4. The first-order chi connectivity index (χ1) is 14.7. The zero-order valence-electron chi connectivity index (χ0n) is 18.0. The molecule has 1 aromatic heterocycles. The predicted molar refractivity (Wildman–Crippen MR) is 126 cm³/mol. The third kappa shape index (κ3) is 4.81. The van der Waals surface area contributed by atoms with Crippen molar-refractivity contribution < 1.29 is 13.2 Å². The van der Waals surface area contributed by atoms with Gasteiger partial charge < -0.3 is 0 Å². The minimum Gasteiger partial charge on any atom is -0.283 e. The Morgan fingerprint density at radius 2 is 1.84 bits per heavy atom. The second kappa shape index (κ2) is 8.68. The fourth-order valence-electron chi connectivity index (χ4n) is 4.14. The lowest BCUT2D eigenvalue weighted by Crippen LogP contribution is -2.44. The van der Waals surface area contributed by atoms with E-state index in [0.717, 1.165) is 26.9 Å². The van der Waals surface area contributed by atoms with Crippen molar-refractivity contribution in [2.75, 3.05) is 24.2 Å². The summed E-state index contributed by atoms with van der Waals surface area (Å²) in [4.78, 5) is 20.2. The molecule has 0 spiro atoms. The molecule has 164 valence electrons. The Bertz CT molecular complexity index is 1200. The van der Waals surface area contributed by atoms with Crippen LogP contribution >= 0.6 is 11.3 Å². The molecule has 2 aromatic carbocycles. The first-order valence-corrected chi connectivity index (χ1v) is 13.1. The summed E-state index contributed by atoms with van der Waals surface area (Å²) in [5.74, 6) is -0.193. The summed E-state index contributed by atoms with van der Waals surface area (Å²) >= 11 is 1.54. The van der Waals surface area contributed by atoms with E-state index in [9.17, 15) is 13.2 Å². The van der Waals surface area contributed by atoms with Gasteiger partial charge in [-0.2, -0.15) is 0 Å². The van der Waals surface area contributed by atoms with Gasteiger partial charge in [0.25, 0.3) is 0 Å². The van der Waals surface area contributed by atoms with Gasteiger partial charge in [-0.1, -0.05) is 47.7 Å². The molecule has 1 fully saturated rings. The topological polar surface area (TPSA) is 70.6 Å². The highest BCUT2D eigenvalue weighted by molar-refractivity contribution is 7.88. The molecule has 1 saturated heterocycles. The number of thiazole rings is 1. The number of piperidine rings is 1. The van der Waals surface area contributed by atoms with Crippen molar-refractivity contribution in [3.63, 3.8) is 0 Å². The van der Waals surface area contributed by atoms with Gasteiger partial charge in [-0.3, -0.25) is 9.69 Å². The van der Waals surface area contributed by atoms with Gasteiger partial charge >= 0.3 is 0 Å². The van der Waals surface area contributed by atoms with Crippen LogP contribution in [0.2, 0.25) is 0 Å². The van der Waals surface area contributed by atoms with Crippen LogP contribution in [0.15, 0.2) is 42.5 Å². The van der Waals surface area contributed by atoms with E-state index in [1.807, 2.05) is 37.3 Å². The van der Waals surface area contributed by atoms with Crippen LogP contribution in [0.5, 0.6) is 0 Å². The van der Waals surface area contributed by atoms with Crippen LogP contribution in [0.3, 0.4) is 0 Å². The largest absolute Gasteiger partial charge is 0.283 e. The van der Waals surface area contributed by atoms with E-state index in [-0.39, 0.29) is 11.8 Å². The van der Waals surface area contributed by atoms with E-state index in [1.165, 1.54) is 10.6 Å². The summed E-state index contributed by atoms with van der Waals surface area (Å²) in [6.45, 7) is 5.33. The van der Waals surface area contributed by atoms with Crippen LogP contribution in [0.1, 0.15) is 29.5 Å². The monoisotopic (exact) mass is 457 g/mol. The number of carbonyl (C=O) groups excluding carboxylic acids is 1. The molecule has 0 bridgehead atoms. The van der Waals surface area contributed by atoms with Crippen molar-refractivity contribution in [3.8, 4) is 0 Å². The number of aryl methyl sites for hydroxylation is 2. The Labute approximate surface area is 187 Å². The van der Waals surface area contributed by atoms with Crippen molar-refractivity contribution >= 4 is 42.6 Å². The Balaban J connectivity index is 1.65. The Hall–Kier alpha value is -2.29. The zero-order valence-corrected chi connectivity index (χ0v) is 19.7. The molecule has 31 heavy (non-hydrogen) atoms. The van der Waals surface area contributed by atoms with Gasteiger partial charge in [0.2, 0.25) is 15.9 Å². The molecule has 0 aliphatic carbocycles. The van der Waals surface area contributed by atoms with Gasteiger partial charge in [0, 0.05) is 19.0 Å². The molecule has 0 radical (unpaired) electrons. The average molecular weight is 458 g/mol. The van der Waals surface area contributed by atoms with Crippen molar-refractivity contribution in [3.05, 3.63) is 59.2 Å². The summed E-state index contributed by atoms with van der Waals surface area (Å²) in [6, 6.07) is 14.1. The molecule has 8 heteroatoms. The van der Waals surface area contributed by atoms with Crippen LogP contribution in [-0.2, 0) is 21.4 Å². The second-order valence-electron chi connectivity index (χ2n) is 8.27.